The number of anilines is 2. The van der Waals surface area contributed by atoms with Crippen molar-refractivity contribution in [2.75, 3.05) is 29.9 Å². The van der Waals surface area contributed by atoms with Crippen molar-refractivity contribution in [2.24, 2.45) is 0 Å². The van der Waals surface area contributed by atoms with Gasteiger partial charge in [-0.1, -0.05) is 24.3 Å². The average molecular weight is 275 g/mol. The minimum atomic E-state index is 0.648. The largest absolute Gasteiger partial charge is 0.370 e. The summed E-state index contributed by atoms with van der Waals surface area (Å²) < 4.78 is 0. The topological polar surface area (TPSA) is 27.3 Å². The molecule has 0 bridgehead atoms. The highest BCUT2D eigenvalue weighted by Gasteiger charge is 2.15. The Morgan fingerprint density at radius 3 is 2.68 bits per heavy atom. The molecule has 1 saturated heterocycles. The molecule has 0 aromatic heterocycles. The summed E-state index contributed by atoms with van der Waals surface area (Å²) in [6.45, 7) is 8.80. The number of nitrogens with one attached hydrogen (secondary N) is 2. The van der Waals surface area contributed by atoms with E-state index in [1.165, 1.54) is 18.5 Å². The number of rotatable bonds is 4. The maximum atomic E-state index is 5.31. The van der Waals surface area contributed by atoms with E-state index in [1.807, 2.05) is 13.0 Å². The Morgan fingerprint density at radius 2 is 2.00 bits per heavy atom. The third kappa shape index (κ3) is 3.96. The lowest BCUT2D eigenvalue weighted by Crippen LogP contribution is -2.30. The fourth-order valence-electron chi connectivity index (χ4n) is 2.21. The van der Waals surface area contributed by atoms with E-state index in [0.717, 1.165) is 24.4 Å². The van der Waals surface area contributed by atoms with Gasteiger partial charge in [-0.3, -0.25) is 0 Å². The molecule has 4 heteroatoms. The van der Waals surface area contributed by atoms with Gasteiger partial charge in [0.05, 0.1) is 11.4 Å². The smallest absolute Gasteiger partial charge is 0.171 e. The highest BCUT2D eigenvalue weighted by molar-refractivity contribution is 7.80. The van der Waals surface area contributed by atoms with Gasteiger partial charge in [0, 0.05) is 19.6 Å². The Labute approximate surface area is 120 Å². The molecule has 1 aliphatic heterocycles. The fraction of sp³-hybridized carbons (Fsp3) is 0.400. The van der Waals surface area contributed by atoms with E-state index >= 15 is 0 Å². The second-order valence-corrected chi connectivity index (χ2v) is 5.38. The van der Waals surface area contributed by atoms with Crippen LogP contribution in [0.4, 0.5) is 11.4 Å². The first-order valence-corrected chi connectivity index (χ1v) is 7.11. The molecule has 0 radical (unpaired) electrons. The van der Waals surface area contributed by atoms with E-state index in [-0.39, 0.29) is 0 Å². The molecule has 2 rings (SSSR count). The molecule has 102 valence electrons. The van der Waals surface area contributed by atoms with E-state index in [2.05, 4.69) is 40.3 Å². The Balaban J connectivity index is 2.03. The minimum absolute atomic E-state index is 0.648. The molecule has 0 unspecified atom stereocenters. The van der Waals surface area contributed by atoms with Gasteiger partial charge in [0.15, 0.2) is 5.11 Å². The summed E-state index contributed by atoms with van der Waals surface area (Å²) in [6.07, 6.45) is 2.54. The zero-order chi connectivity index (χ0) is 13.7. The quantitative estimate of drug-likeness (QED) is 0.652. The second-order valence-electron chi connectivity index (χ2n) is 4.98. The molecular weight excluding hydrogens is 254 g/mol. The monoisotopic (exact) mass is 275 g/mol. The molecule has 0 spiro atoms. The summed E-state index contributed by atoms with van der Waals surface area (Å²) in [4.78, 5) is 2.41. The van der Waals surface area contributed by atoms with Crippen LogP contribution in [-0.2, 0) is 0 Å². The molecule has 2 N–H and O–H groups in total. The van der Waals surface area contributed by atoms with Gasteiger partial charge in [0.1, 0.15) is 0 Å². The molecule has 1 heterocycles. The van der Waals surface area contributed by atoms with Crippen LogP contribution in [0.15, 0.2) is 36.4 Å². The van der Waals surface area contributed by atoms with Crippen molar-refractivity contribution in [1.29, 1.82) is 0 Å². The fourth-order valence-corrected chi connectivity index (χ4v) is 2.39. The number of para-hydroxylation sites is 2. The lowest BCUT2D eigenvalue weighted by molar-refractivity contribution is 0.949. The number of benzene rings is 1. The zero-order valence-corrected chi connectivity index (χ0v) is 12.2. The Hall–Kier alpha value is -1.55. The minimum Gasteiger partial charge on any atom is -0.370 e. The van der Waals surface area contributed by atoms with Gasteiger partial charge in [0.2, 0.25) is 0 Å². The van der Waals surface area contributed by atoms with Gasteiger partial charge in [-0.05, 0) is 44.1 Å². The third-order valence-corrected chi connectivity index (χ3v) is 3.40. The van der Waals surface area contributed by atoms with Crippen LogP contribution in [0.5, 0.6) is 0 Å². The van der Waals surface area contributed by atoms with E-state index in [1.54, 1.807) is 0 Å². The number of nitrogens with zero attached hydrogens (tertiary/aromatic N) is 1. The molecule has 1 aromatic rings. The van der Waals surface area contributed by atoms with Gasteiger partial charge >= 0.3 is 0 Å². The maximum absolute atomic E-state index is 5.31. The SMILES string of the molecule is C=C(C)CNC(=S)Nc1ccccc1N1CCCC1. The maximum Gasteiger partial charge on any atom is 0.171 e. The van der Waals surface area contributed by atoms with Crippen LogP contribution in [0.3, 0.4) is 0 Å². The van der Waals surface area contributed by atoms with E-state index in [4.69, 9.17) is 12.2 Å². The van der Waals surface area contributed by atoms with Crippen LogP contribution < -0.4 is 15.5 Å². The van der Waals surface area contributed by atoms with E-state index in [9.17, 15) is 0 Å². The Kier molecular flexibility index (Phi) is 4.80. The highest BCUT2D eigenvalue weighted by Crippen LogP contribution is 2.28. The van der Waals surface area contributed by atoms with E-state index in [0.29, 0.717) is 11.7 Å². The Morgan fingerprint density at radius 1 is 1.32 bits per heavy atom. The summed E-state index contributed by atoms with van der Waals surface area (Å²) in [6, 6.07) is 8.32. The summed E-state index contributed by atoms with van der Waals surface area (Å²) in [5, 5.41) is 7.08. The van der Waals surface area contributed by atoms with Crippen LogP contribution >= 0.6 is 12.2 Å². The predicted octanol–water partition coefficient (Wildman–Crippen LogP) is 3.15. The van der Waals surface area contributed by atoms with E-state index < -0.39 is 0 Å². The molecule has 0 aliphatic carbocycles. The van der Waals surface area contributed by atoms with Crippen molar-refractivity contribution in [2.45, 2.75) is 19.8 Å². The Bertz CT molecular complexity index is 464. The van der Waals surface area contributed by atoms with Crippen molar-refractivity contribution < 1.29 is 0 Å². The zero-order valence-electron chi connectivity index (χ0n) is 11.4. The molecule has 1 fully saturated rings. The molecule has 19 heavy (non-hydrogen) atoms. The normalized spacial score (nSPS) is 14.3. The van der Waals surface area contributed by atoms with Gasteiger partial charge in [-0.2, -0.15) is 0 Å². The second kappa shape index (κ2) is 6.57. The van der Waals surface area contributed by atoms with Crippen LogP contribution in [0, 0.1) is 0 Å². The molecule has 1 aromatic carbocycles. The predicted molar refractivity (Wildman–Crippen MR) is 86.9 cm³/mol. The molecular formula is C15H21N3S. The summed E-state index contributed by atoms with van der Waals surface area (Å²) in [5.74, 6) is 0. The first-order chi connectivity index (χ1) is 9.16. The summed E-state index contributed by atoms with van der Waals surface area (Å²) in [5.41, 5.74) is 3.38. The van der Waals surface area contributed by atoms with Gasteiger partial charge in [0.25, 0.3) is 0 Å². The lowest BCUT2D eigenvalue weighted by Gasteiger charge is -2.22. The van der Waals surface area contributed by atoms with Gasteiger partial charge < -0.3 is 15.5 Å². The number of thiocarbonyl (C=S) groups is 1. The molecule has 0 atom stereocenters. The first-order valence-electron chi connectivity index (χ1n) is 6.70. The van der Waals surface area contributed by atoms with Crippen LogP contribution in [-0.4, -0.2) is 24.7 Å². The average Bonchev–Trinajstić information content (AvgIpc) is 2.91. The number of hydrogen-bond acceptors (Lipinski definition) is 2. The summed E-state index contributed by atoms with van der Waals surface area (Å²) in [7, 11) is 0. The first kappa shape index (κ1) is 13.9. The van der Waals surface area contributed by atoms with Crippen molar-refractivity contribution >= 4 is 28.7 Å². The van der Waals surface area contributed by atoms with Gasteiger partial charge in [-0.25, -0.2) is 0 Å². The van der Waals surface area contributed by atoms with Crippen LogP contribution in [0.25, 0.3) is 0 Å². The van der Waals surface area contributed by atoms with Crippen molar-refractivity contribution in [3.8, 4) is 0 Å². The van der Waals surface area contributed by atoms with Crippen molar-refractivity contribution in [1.82, 2.24) is 5.32 Å². The van der Waals surface area contributed by atoms with Crippen LogP contribution in [0.2, 0.25) is 0 Å². The van der Waals surface area contributed by atoms with Crippen LogP contribution in [0.1, 0.15) is 19.8 Å². The summed E-state index contributed by atoms with van der Waals surface area (Å²) >= 11 is 5.31. The standard InChI is InChI=1S/C15H21N3S/c1-12(2)11-16-15(19)17-13-7-3-4-8-14(13)18-9-5-6-10-18/h3-4,7-8H,1,5-6,9-11H2,2H3,(H2,16,17,19). The molecule has 1 aliphatic rings. The number of hydrogen-bond donors (Lipinski definition) is 2. The third-order valence-electron chi connectivity index (χ3n) is 3.15. The van der Waals surface area contributed by atoms with Crippen molar-refractivity contribution in [3.63, 3.8) is 0 Å². The molecule has 0 amide bonds. The lowest BCUT2D eigenvalue weighted by atomic mass is 10.2. The van der Waals surface area contributed by atoms with Crippen molar-refractivity contribution in [3.05, 3.63) is 36.4 Å². The van der Waals surface area contributed by atoms with Gasteiger partial charge in [-0.15, -0.1) is 0 Å². The highest BCUT2D eigenvalue weighted by atomic mass is 32.1. The molecule has 3 nitrogen and oxygen atoms in total. The molecule has 0 saturated carbocycles.